The van der Waals surface area contributed by atoms with Crippen molar-refractivity contribution in [1.29, 1.82) is 0 Å². The van der Waals surface area contributed by atoms with Crippen molar-refractivity contribution in [2.75, 3.05) is 52.5 Å². The number of urea groups is 1. The number of aryl methyl sites for hydroxylation is 2. The third-order valence-electron chi connectivity index (χ3n) is 4.29. The van der Waals surface area contributed by atoms with Crippen LogP contribution in [0.2, 0.25) is 0 Å². The van der Waals surface area contributed by atoms with Crippen LogP contribution in [0.25, 0.3) is 0 Å². The fourth-order valence-electron chi connectivity index (χ4n) is 2.62. The van der Waals surface area contributed by atoms with E-state index < -0.39 is 0 Å². The van der Waals surface area contributed by atoms with Gasteiger partial charge in [-0.2, -0.15) is 0 Å². The molecule has 1 aromatic rings. The maximum atomic E-state index is 12.3. The molecule has 2 rings (SSSR count). The molecular formula is C17H28N4O3. The van der Waals surface area contributed by atoms with Crippen molar-refractivity contribution in [2.45, 2.75) is 20.4 Å². The molecule has 7 heteroatoms. The molecule has 1 aliphatic heterocycles. The van der Waals surface area contributed by atoms with E-state index in [1.165, 1.54) is 0 Å². The molecule has 1 aromatic heterocycles. The Balaban J connectivity index is 1.68. The molecule has 134 valence electrons. The van der Waals surface area contributed by atoms with Gasteiger partial charge in [-0.1, -0.05) is 6.07 Å². The Morgan fingerprint density at radius 1 is 1.29 bits per heavy atom. The molecule has 1 fully saturated rings. The maximum absolute atomic E-state index is 12.3. The van der Waals surface area contributed by atoms with Gasteiger partial charge in [-0.25, -0.2) is 4.79 Å². The van der Waals surface area contributed by atoms with E-state index >= 15 is 0 Å². The molecule has 0 radical (unpaired) electrons. The second kappa shape index (κ2) is 9.56. The average Bonchev–Trinajstić information content (AvgIpc) is 2.60. The zero-order chi connectivity index (χ0) is 17.4. The summed E-state index contributed by atoms with van der Waals surface area (Å²) < 4.78 is 5.27. The summed E-state index contributed by atoms with van der Waals surface area (Å²) >= 11 is 0. The minimum absolute atomic E-state index is 0.0237. The smallest absolute Gasteiger partial charge is 0.317 e. The predicted molar refractivity (Wildman–Crippen MR) is 91.9 cm³/mol. The highest BCUT2D eigenvalue weighted by molar-refractivity contribution is 5.74. The lowest BCUT2D eigenvalue weighted by atomic mass is 10.1. The van der Waals surface area contributed by atoms with Gasteiger partial charge in [-0.15, -0.1) is 0 Å². The summed E-state index contributed by atoms with van der Waals surface area (Å²) in [6, 6.07) is 2.04. The second-order valence-corrected chi connectivity index (χ2v) is 6.07. The van der Waals surface area contributed by atoms with E-state index in [9.17, 15) is 4.79 Å². The van der Waals surface area contributed by atoms with E-state index in [-0.39, 0.29) is 12.6 Å². The van der Waals surface area contributed by atoms with Crippen molar-refractivity contribution in [1.82, 2.24) is 20.1 Å². The van der Waals surface area contributed by atoms with Crippen LogP contribution in [0.15, 0.2) is 12.3 Å². The number of aliphatic hydroxyl groups is 1. The van der Waals surface area contributed by atoms with Gasteiger partial charge in [-0.3, -0.25) is 9.88 Å². The molecule has 0 unspecified atom stereocenters. The standard InChI is InChI=1S/C17H28N4O3/c1-14-11-16(12-18-15(14)2)13-19-17(23)21-5-3-20(4-6-21)7-9-24-10-8-22/h11-12,22H,3-10,13H2,1-2H3,(H,19,23). The molecule has 2 heterocycles. The Hall–Kier alpha value is -1.70. The number of hydrogen-bond donors (Lipinski definition) is 2. The molecule has 24 heavy (non-hydrogen) atoms. The number of hydrogen-bond acceptors (Lipinski definition) is 5. The zero-order valence-electron chi connectivity index (χ0n) is 14.6. The number of rotatable bonds is 7. The lowest BCUT2D eigenvalue weighted by Crippen LogP contribution is -2.52. The number of aromatic nitrogens is 1. The number of carbonyl (C=O) groups is 1. The van der Waals surface area contributed by atoms with Crippen LogP contribution in [0.1, 0.15) is 16.8 Å². The molecule has 7 nitrogen and oxygen atoms in total. The van der Waals surface area contributed by atoms with E-state index in [4.69, 9.17) is 9.84 Å². The summed E-state index contributed by atoms with van der Waals surface area (Å²) in [6.07, 6.45) is 1.81. The number of pyridine rings is 1. The number of piperazine rings is 1. The van der Waals surface area contributed by atoms with Crippen LogP contribution in [0.4, 0.5) is 4.79 Å². The van der Waals surface area contributed by atoms with Crippen LogP contribution in [0.5, 0.6) is 0 Å². The SMILES string of the molecule is Cc1cc(CNC(=O)N2CCN(CCOCCO)CC2)cnc1C. The van der Waals surface area contributed by atoms with Crippen molar-refractivity contribution < 1.29 is 14.6 Å². The van der Waals surface area contributed by atoms with Crippen LogP contribution < -0.4 is 5.32 Å². The molecule has 2 amide bonds. The fourth-order valence-corrected chi connectivity index (χ4v) is 2.62. The summed E-state index contributed by atoms with van der Waals surface area (Å²) in [6.45, 7) is 9.54. The van der Waals surface area contributed by atoms with Crippen LogP contribution >= 0.6 is 0 Å². The van der Waals surface area contributed by atoms with E-state index in [0.29, 0.717) is 19.8 Å². The van der Waals surface area contributed by atoms with Crippen LogP contribution in [0.3, 0.4) is 0 Å². The molecule has 0 bridgehead atoms. The van der Waals surface area contributed by atoms with Crippen molar-refractivity contribution >= 4 is 6.03 Å². The van der Waals surface area contributed by atoms with Gasteiger partial charge < -0.3 is 20.1 Å². The summed E-state index contributed by atoms with van der Waals surface area (Å²) in [7, 11) is 0. The molecule has 0 atom stereocenters. The molecule has 1 saturated heterocycles. The van der Waals surface area contributed by atoms with Crippen LogP contribution in [-0.2, 0) is 11.3 Å². The first kappa shape index (κ1) is 18.6. The highest BCUT2D eigenvalue weighted by Crippen LogP contribution is 2.07. The molecule has 2 N–H and O–H groups in total. The van der Waals surface area contributed by atoms with Crippen molar-refractivity contribution in [3.05, 3.63) is 29.1 Å². The first-order valence-electron chi connectivity index (χ1n) is 8.46. The van der Waals surface area contributed by atoms with Gasteiger partial charge in [0.1, 0.15) is 0 Å². The number of ether oxygens (including phenoxy) is 1. The molecule has 0 spiro atoms. The van der Waals surface area contributed by atoms with Crippen molar-refractivity contribution in [3.8, 4) is 0 Å². The van der Waals surface area contributed by atoms with Gasteiger partial charge in [0.05, 0.1) is 19.8 Å². The number of amides is 2. The molecule has 1 aliphatic rings. The minimum Gasteiger partial charge on any atom is -0.394 e. The maximum Gasteiger partial charge on any atom is 0.317 e. The zero-order valence-corrected chi connectivity index (χ0v) is 14.6. The van der Waals surface area contributed by atoms with Gasteiger partial charge >= 0.3 is 6.03 Å². The number of aliphatic hydroxyl groups excluding tert-OH is 1. The van der Waals surface area contributed by atoms with E-state index in [1.807, 2.05) is 24.9 Å². The average molecular weight is 336 g/mol. The van der Waals surface area contributed by atoms with Crippen LogP contribution in [-0.4, -0.2) is 78.5 Å². The van der Waals surface area contributed by atoms with Crippen molar-refractivity contribution in [3.63, 3.8) is 0 Å². The fraction of sp³-hybridized carbons (Fsp3) is 0.647. The Kier molecular flexibility index (Phi) is 7.42. The summed E-state index contributed by atoms with van der Waals surface area (Å²) in [5.74, 6) is 0. The molecule has 0 aromatic carbocycles. The van der Waals surface area contributed by atoms with Gasteiger partial charge in [0, 0.05) is 51.2 Å². The van der Waals surface area contributed by atoms with E-state index in [2.05, 4.69) is 21.3 Å². The van der Waals surface area contributed by atoms with Crippen LogP contribution in [0, 0.1) is 13.8 Å². The first-order valence-corrected chi connectivity index (χ1v) is 8.46. The first-order chi connectivity index (χ1) is 11.6. The largest absolute Gasteiger partial charge is 0.394 e. The topological polar surface area (TPSA) is 77.9 Å². The van der Waals surface area contributed by atoms with Gasteiger partial charge in [-0.05, 0) is 25.0 Å². The number of nitrogens with zero attached hydrogens (tertiary/aromatic N) is 3. The highest BCUT2D eigenvalue weighted by atomic mass is 16.5. The number of nitrogens with one attached hydrogen (secondary N) is 1. The normalized spacial score (nSPS) is 15.5. The minimum atomic E-state index is -0.0237. The van der Waals surface area contributed by atoms with Gasteiger partial charge in [0.15, 0.2) is 0 Å². The third kappa shape index (κ3) is 5.74. The van der Waals surface area contributed by atoms with E-state index in [0.717, 1.165) is 49.5 Å². The summed E-state index contributed by atoms with van der Waals surface area (Å²) in [4.78, 5) is 20.7. The molecule has 0 saturated carbocycles. The molecule has 0 aliphatic carbocycles. The molecular weight excluding hydrogens is 308 g/mol. The Morgan fingerprint density at radius 3 is 2.71 bits per heavy atom. The Morgan fingerprint density at radius 2 is 2.04 bits per heavy atom. The predicted octanol–water partition coefficient (Wildman–Crippen LogP) is 0.535. The van der Waals surface area contributed by atoms with Gasteiger partial charge in [0.2, 0.25) is 0 Å². The lowest BCUT2D eigenvalue weighted by molar-refractivity contribution is 0.0618. The Labute approximate surface area is 143 Å². The summed E-state index contributed by atoms with van der Waals surface area (Å²) in [5, 5.41) is 11.6. The number of carbonyl (C=O) groups excluding carboxylic acids is 1. The highest BCUT2D eigenvalue weighted by Gasteiger charge is 2.20. The lowest BCUT2D eigenvalue weighted by Gasteiger charge is -2.34. The van der Waals surface area contributed by atoms with Crippen molar-refractivity contribution in [2.24, 2.45) is 0 Å². The monoisotopic (exact) mass is 336 g/mol. The summed E-state index contributed by atoms with van der Waals surface area (Å²) in [5.41, 5.74) is 3.18. The third-order valence-corrected chi connectivity index (χ3v) is 4.29. The second-order valence-electron chi connectivity index (χ2n) is 6.07. The quantitative estimate of drug-likeness (QED) is 0.711. The van der Waals surface area contributed by atoms with Gasteiger partial charge in [0.25, 0.3) is 0 Å². The van der Waals surface area contributed by atoms with E-state index in [1.54, 1.807) is 0 Å². The Bertz CT molecular complexity index is 531.